The number of carbonyl (C=O) groups excluding carboxylic acids is 2. The molecule has 0 bridgehead atoms. The van der Waals surface area contributed by atoms with Gasteiger partial charge in [0, 0.05) is 29.6 Å². The van der Waals surface area contributed by atoms with Crippen molar-refractivity contribution in [2.24, 2.45) is 5.10 Å². The largest absolute Gasteiger partial charge is 0.337 e. The SMILES string of the molecule is C[NH+]1CCC(=NNC(=O)C(=O)Nc2cccc3ccccc23)CC1. The first-order chi connectivity index (χ1) is 11.6. The van der Waals surface area contributed by atoms with Crippen molar-refractivity contribution in [2.45, 2.75) is 12.8 Å². The Kier molecular flexibility index (Phi) is 4.86. The maximum absolute atomic E-state index is 12.1. The monoisotopic (exact) mass is 325 g/mol. The summed E-state index contributed by atoms with van der Waals surface area (Å²) < 4.78 is 0. The number of benzene rings is 2. The zero-order valence-corrected chi connectivity index (χ0v) is 13.6. The van der Waals surface area contributed by atoms with Gasteiger partial charge in [-0.3, -0.25) is 9.59 Å². The first-order valence-electron chi connectivity index (χ1n) is 8.09. The minimum atomic E-state index is -0.748. The molecule has 1 fully saturated rings. The van der Waals surface area contributed by atoms with Gasteiger partial charge in [-0.1, -0.05) is 36.4 Å². The van der Waals surface area contributed by atoms with E-state index in [1.165, 1.54) is 4.90 Å². The number of rotatable bonds is 2. The quantitative estimate of drug-likeness (QED) is 0.557. The maximum Gasteiger partial charge on any atom is 0.329 e. The average molecular weight is 325 g/mol. The zero-order chi connectivity index (χ0) is 16.9. The molecule has 2 aromatic carbocycles. The highest BCUT2D eigenvalue weighted by Crippen LogP contribution is 2.22. The second-order valence-corrected chi connectivity index (χ2v) is 6.06. The fourth-order valence-electron chi connectivity index (χ4n) is 2.77. The lowest BCUT2D eigenvalue weighted by Crippen LogP contribution is -3.10. The van der Waals surface area contributed by atoms with Crippen molar-refractivity contribution in [3.63, 3.8) is 0 Å². The Balaban J connectivity index is 1.64. The van der Waals surface area contributed by atoms with Crippen molar-refractivity contribution in [1.29, 1.82) is 0 Å². The summed E-state index contributed by atoms with van der Waals surface area (Å²) in [6.07, 6.45) is 1.69. The first kappa shape index (κ1) is 16.1. The van der Waals surface area contributed by atoms with Crippen LogP contribution in [0.4, 0.5) is 5.69 Å². The van der Waals surface area contributed by atoms with E-state index in [0.29, 0.717) is 5.69 Å². The Bertz CT molecular complexity index is 785. The van der Waals surface area contributed by atoms with Crippen molar-refractivity contribution in [2.75, 3.05) is 25.5 Å². The molecule has 24 heavy (non-hydrogen) atoms. The van der Waals surface area contributed by atoms with Gasteiger partial charge in [0.15, 0.2) is 0 Å². The molecular formula is C18H21N4O2+. The summed E-state index contributed by atoms with van der Waals surface area (Å²) in [4.78, 5) is 25.5. The number of hydrogen-bond acceptors (Lipinski definition) is 3. The lowest BCUT2D eigenvalue weighted by atomic mass is 10.1. The smallest absolute Gasteiger partial charge is 0.329 e. The van der Waals surface area contributed by atoms with Gasteiger partial charge in [-0.2, -0.15) is 5.10 Å². The van der Waals surface area contributed by atoms with E-state index in [1.54, 1.807) is 6.07 Å². The number of amides is 2. The summed E-state index contributed by atoms with van der Waals surface area (Å²) >= 11 is 0. The van der Waals surface area contributed by atoms with E-state index in [9.17, 15) is 9.59 Å². The Hall–Kier alpha value is -2.73. The summed E-state index contributed by atoms with van der Waals surface area (Å²) in [5.74, 6) is -1.46. The third-order valence-electron chi connectivity index (χ3n) is 4.24. The van der Waals surface area contributed by atoms with Crippen LogP contribution in [0.25, 0.3) is 10.8 Å². The molecule has 0 aliphatic carbocycles. The number of nitrogens with zero attached hydrogens (tertiary/aromatic N) is 1. The molecule has 3 rings (SSSR count). The van der Waals surface area contributed by atoms with E-state index < -0.39 is 11.8 Å². The molecule has 2 aromatic rings. The second-order valence-electron chi connectivity index (χ2n) is 6.06. The Morgan fingerprint density at radius 1 is 1.00 bits per heavy atom. The molecule has 0 unspecified atom stereocenters. The topological polar surface area (TPSA) is 75.0 Å². The Morgan fingerprint density at radius 2 is 1.71 bits per heavy atom. The van der Waals surface area contributed by atoms with Crippen molar-refractivity contribution >= 4 is 34.0 Å². The molecule has 3 N–H and O–H groups in total. The summed E-state index contributed by atoms with van der Waals surface area (Å²) in [5, 5.41) is 8.64. The highest BCUT2D eigenvalue weighted by molar-refractivity contribution is 6.40. The van der Waals surface area contributed by atoms with Crippen LogP contribution >= 0.6 is 0 Å². The van der Waals surface area contributed by atoms with Gasteiger partial charge in [-0.05, 0) is 11.5 Å². The van der Waals surface area contributed by atoms with Gasteiger partial charge >= 0.3 is 11.8 Å². The minimum absolute atomic E-state index is 0.615. The predicted molar refractivity (Wildman–Crippen MR) is 94.0 cm³/mol. The van der Waals surface area contributed by atoms with E-state index in [0.717, 1.165) is 42.4 Å². The van der Waals surface area contributed by atoms with E-state index >= 15 is 0 Å². The normalized spacial score (nSPS) is 17.4. The van der Waals surface area contributed by atoms with Crippen LogP contribution in [0.1, 0.15) is 12.8 Å². The molecular weight excluding hydrogens is 304 g/mol. The standard InChI is InChI=1S/C18H20N4O2/c1-22-11-9-14(10-12-22)20-21-18(24)17(23)19-16-8-4-6-13-5-2-3-7-15(13)16/h2-8H,9-12H2,1H3,(H,19,23)(H,21,24)/p+1. The number of fused-ring (bicyclic) bond motifs is 1. The van der Waals surface area contributed by atoms with Crippen LogP contribution in [-0.2, 0) is 9.59 Å². The van der Waals surface area contributed by atoms with E-state index in [4.69, 9.17) is 0 Å². The van der Waals surface area contributed by atoms with Crippen LogP contribution in [0.2, 0.25) is 0 Å². The lowest BCUT2D eigenvalue weighted by Gasteiger charge is -2.20. The highest BCUT2D eigenvalue weighted by atomic mass is 16.2. The van der Waals surface area contributed by atoms with Crippen molar-refractivity contribution in [1.82, 2.24) is 5.43 Å². The predicted octanol–water partition coefficient (Wildman–Crippen LogP) is 0.559. The molecule has 1 saturated heterocycles. The van der Waals surface area contributed by atoms with E-state index in [-0.39, 0.29) is 0 Å². The van der Waals surface area contributed by atoms with Gasteiger partial charge < -0.3 is 10.2 Å². The Labute approximate surface area is 140 Å². The number of quaternary nitrogens is 1. The fourth-order valence-corrected chi connectivity index (χ4v) is 2.77. The molecule has 1 heterocycles. The molecule has 0 saturated carbocycles. The van der Waals surface area contributed by atoms with Gasteiger partial charge in [0.2, 0.25) is 0 Å². The molecule has 124 valence electrons. The number of piperidine rings is 1. The molecule has 6 heteroatoms. The van der Waals surface area contributed by atoms with Crippen LogP contribution in [0.15, 0.2) is 47.6 Å². The number of likely N-dealkylation sites (tertiary alicyclic amines) is 1. The average Bonchev–Trinajstić information content (AvgIpc) is 2.61. The lowest BCUT2D eigenvalue weighted by molar-refractivity contribution is -0.880. The summed E-state index contributed by atoms with van der Waals surface area (Å²) in [7, 11) is 2.13. The second kappa shape index (κ2) is 7.23. The van der Waals surface area contributed by atoms with Crippen LogP contribution < -0.4 is 15.6 Å². The number of anilines is 1. The minimum Gasteiger partial charge on any atom is -0.337 e. The van der Waals surface area contributed by atoms with Crippen LogP contribution in [0.5, 0.6) is 0 Å². The van der Waals surface area contributed by atoms with Gasteiger partial charge in [-0.15, -0.1) is 0 Å². The Morgan fingerprint density at radius 3 is 2.50 bits per heavy atom. The molecule has 2 amide bonds. The molecule has 0 radical (unpaired) electrons. The fraction of sp³-hybridized carbons (Fsp3) is 0.278. The zero-order valence-electron chi connectivity index (χ0n) is 13.6. The molecule has 1 aliphatic heterocycles. The maximum atomic E-state index is 12.1. The summed E-state index contributed by atoms with van der Waals surface area (Å²) in [5.41, 5.74) is 3.91. The molecule has 1 aliphatic rings. The third kappa shape index (κ3) is 3.78. The number of hydrazone groups is 1. The summed E-state index contributed by atoms with van der Waals surface area (Å²) in [6.45, 7) is 1.99. The van der Waals surface area contributed by atoms with Crippen molar-refractivity contribution < 1.29 is 14.5 Å². The van der Waals surface area contributed by atoms with E-state index in [2.05, 4.69) is 22.9 Å². The van der Waals surface area contributed by atoms with Gasteiger partial charge in [-0.25, -0.2) is 5.43 Å². The van der Waals surface area contributed by atoms with E-state index in [1.807, 2.05) is 36.4 Å². The van der Waals surface area contributed by atoms with Crippen LogP contribution in [0, 0.1) is 0 Å². The van der Waals surface area contributed by atoms with Gasteiger partial charge in [0.05, 0.1) is 20.1 Å². The number of hydrogen-bond donors (Lipinski definition) is 3. The van der Waals surface area contributed by atoms with Gasteiger partial charge in [0.25, 0.3) is 0 Å². The molecule has 0 aromatic heterocycles. The number of carbonyl (C=O) groups is 2. The molecule has 0 spiro atoms. The summed E-state index contributed by atoms with van der Waals surface area (Å²) in [6, 6.07) is 13.3. The van der Waals surface area contributed by atoms with Crippen molar-refractivity contribution in [3.05, 3.63) is 42.5 Å². The van der Waals surface area contributed by atoms with Crippen LogP contribution in [0.3, 0.4) is 0 Å². The molecule has 0 atom stereocenters. The first-order valence-corrected chi connectivity index (χ1v) is 8.09. The number of nitrogens with one attached hydrogen (secondary N) is 3. The highest BCUT2D eigenvalue weighted by Gasteiger charge is 2.17. The van der Waals surface area contributed by atoms with Crippen molar-refractivity contribution in [3.8, 4) is 0 Å². The third-order valence-corrected chi connectivity index (χ3v) is 4.24. The van der Waals surface area contributed by atoms with Gasteiger partial charge in [0.1, 0.15) is 0 Å². The molecule has 6 nitrogen and oxygen atoms in total. The van der Waals surface area contributed by atoms with Crippen LogP contribution in [-0.4, -0.2) is 37.7 Å².